The maximum Gasteiger partial charge on any atom is 0.239 e. The molecule has 17 heavy (non-hydrogen) atoms. The van der Waals surface area contributed by atoms with Crippen LogP contribution < -0.4 is 5.73 Å². The lowest BCUT2D eigenvalue weighted by Gasteiger charge is -2.27. The van der Waals surface area contributed by atoms with Crippen LogP contribution in [0.4, 0.5) is 4.39 Å². The second-order valence-electron chi connectivity index (χ2n) is 3.94. The van der Waals surface area contributed by atoms with Crippen molar-refractivity contribution in [3.63, 3.8) is 0 Å². The van der Waals surface area contributed by atoms with Gasteiger partial charge >= 0.3 is 0 Å². The topological polar surface area (TPSA) is 46.3 Å². The van der Waals surface area contributed by atoms with Gasteiger partial charge in [0.15, 0.2) is 0 Å². The predicted octanol–water partition coefficient (Wildman–Crippen LogP) is 2.11. The van der Waals surface area contributed by atoms with Crippen molar-refractivity contribution in [3.05, 3.63) is 35.6 Å². The zero-order chi connectivity index (χ0) is 12.3. The van der Waals surface area contributed by atoms with Gasteiger partial charge in [0.1, 0.15) is 5.82 Å². The highest BCUT2D eigenvalue weighted by molar-refractivity contribution is 5.85. The maximum absolute atomic E-state index is 13.5. The molecule has 5 heteroatoms. The molecule has 0 aliphatic heterocycles. The molecular formula is C12H18ClFN2O. The number of likely N-dealkylation sites (N-methyl/N-ethyl adjacent to an activating group) is 1. The standard InChI is InChI=1S/C12H17FN2O.ClH/c1-8(14)12(16)15(3)9(2)10-6-4-5-7-11(10)13;/h4-9H,14H2,1-3H3;1H/t8-,9?;/m0./s1. The zero-order valence-electron chi connectivity index (χ0n) is 10.2. The van der Waals surface area contributed by atoms with Crippen LogP contribution in [-0.2, 0) is 4.79 Å². The van der Waals surface area contributed by atoms with E-state index in [0.29, 0.717) is 5.56 Å². The van der Waals surface area contributed by atoms with Crippen molar-refractivity contribution in [3.8, 4) is 0 Å². The molecule has 0 aliphatic carbocycles. The Morgan fingerprint density at radius 2 is 1.88 bits per heavy atom. The fourth-order valence-corrected chi connectivity index (χ4v) is 1.53. The molecule has 0 aromatic heterocycles. The van der Waals surface area contributed by atoms with E-state index in [-0.39, 0.29) is 30.2 Å². The van der Waals surface area contributed by atoms with Gasteiger partial charge in [0.25, 0.3) is 0 Å². The molecule has 0 spiro atoms. The molecule has 3 nitrogen and oxygen atoms in total. The van der Waals surface area contributed by atoms with E-state index >= 15 is 0 Å². The molecule has 2 atom stereocenters. The summed E-state index contributed by atoms with van der Waals surface area (Å²) in [5, 5.41) is 0. The lowest BCUT2D eigenvalue weighted by atomic mass is 10.1. The number of carbonyl (C=O) groups excluding carboxylic acids is 1. The Morgan fingerprint density at radius 3 is 2.35 bits per heavy atom. The number of nitrogens with zero attached hydrogens (tertiary/aromatic N) is 1. The molecule has 0 fully saturated rings. The van der Waals surface area contributed by atoms with Crippen molar-refractivity contribution < 1.29 is 9.18 Å². The largest absolute Gasteiger partial charge is 0.338 e. The third kappa shape index (κ3) is 3.68. The Hall–Kier alpha value is -1.13. The summed E-state index contributed by atoms with van der Waals surface area (Å²) >= 11 is 0. The number of carbonyl (C=O) groups is 1. The van der Waals surface area contributed by atoms with Gasteiger partial charge in [0, 0.05) is 12.6 Å². The molecule has 0 heterocycles. The normalized spacial score (nSPS) is 13.5. The highest BCUT2D eigenvalue weighted by Crippen LogP contribution is 2.21. The van der Waals surface area contributed by atoms with Crippen LogP contribution in [0.1, 0.15) is 25.5 Å². The Bertz CT molecular complexity index is 385. The molecule has 1 aromatic carbocycles. The smallest absolute Gasteiger partial charge is 0.239 e. The van der Waals surface area contributed by atoms with Gasteiger partial charge in [-0.05, 0) is 19.9 Å². The molecule has 0 bridgehead atoms. The van der Waals surface area contributed by atoms with Gasteiger partial charge in [-0.1, -0.05) is 18.2 Å². The lowest BCUT2D eigenvalue weighted by Crippen LogP contribution is -2.41. The van der Waals surface area contributed by atoms with Crippen molar-refractivity contribution in [1.82, 2.24) is 4.90 Å². The second-order valence-corrected chi connectivity index (χ2v) is 3.94. The Labute approximate surface area is 107 Å². The van der Waals surface area contributed by atoms with Crippen LogP contribution in [0.3, 0.4) is 0 Å². The van der Waals surface area contributed by atoms with Crippen LogP contribution in [-0.4, -0.2) is 23.9 Å². The van der Waals surface area contributed by atoms with E-state index in [2.05, 4.69) is 0 Å². The van der Waals surface area contributed by atoms with E-state index in [1.165, 1.54) is 11.0 Å². The first kappa shape index (κ1) is 15.9. The summed E-state index contributed by atoms with van der Waals surface area (Å²) in [7, 11) is 1.63. The minimum Gasteiger partial charge on any atom is -0.338 e. The van der Waals surface area contributed by atoms with E-state index < -0.39 is 6.04 Å². The Kier molecular flexibility index (Phi) is 6.13. The van der Waals surface area contributed by atoms with Gasteiger partial charge in [-0.3, -0.25) is 4.79 Å². The van der Waals surface area contributed by atoms with E-state index in [0.717, 1.165) is 0 Å². The van der Waals surface area contributed by atoms with Crippen LogP contribution >= 0.6 is 12.4 Å². The summed E-state index contributed by atoms with van der Waals surface area (Å²) in [6.07, 6.45) is 0. The highest BCUT2D eigenvalue weighted by Gasteiger charge is 2.21. The maximum atomic E-state index is 13.5. The number of amides is 1. The van der Waals surface area contributed by atoms with Crippen molar-refractivity contribution in [2.24, 2.45) is 5.73 Å². The second kappa shape index (κ2) is 6.57. The summed E-state index contributed by atoms with van der Waals surface area (Å²) in [5.74, 6) is -0.505. The van der Waals surface area contributed by atoms with E-state index in [4.69, 9.17) is 5.73 Å². The molecule has 0 radical (unpaired) electrons. The van der Waals surface area contributed by atoms with Gasteiger partial charge in [-0.2, -0.15) is 0 Å². The monoisotopic (exact) mass is 260 g/mol. The lowest BCUT2D eigenvalue weighted by molar-refractivity contribution is -0.132. The number of halogens is 2. The molecule has 1 amide bonds. The van der Waals surface area contributed by atoms with Gasteiger partial charge in [0.05, 0.1) is 12.1 Å². The zero-order valence-corrected chi connectivity index (χ0v) is 11.0. The summed E-state index contributed by atoms with van der Waals surface area (Å²) in [5.41, 5.74) is 6.00. The third-order valence-corrected chi connectivity index (χ3v) is 2.67. The number of benzene rings is 1. The van der Waals surface area contributed by atoms with Gasteiger partial charge < -0.3 is 10.6 Å². The summed E-state index contributed by atoms with van der Waals surface area (Å²) in [4.78, 5) is 13.1. The molecule has 96 valence electrons. The van der Waals surface area contributed by atoms with Crippen LogP contribution in [0.5, 0.6) is 0 Å². The van der Waals surface area contributed by atoms with Crippen LogP contribution in [0.15, 0.2) is 24.3 Å². The average Bonchev–Trinajstić information content (AvgIpc) is 2.26. The highest BCUT2D eigenvalue weighted by atomic mass is 35.5. The molecular weight excluding hydrogens is 243 g/mol. The van der Waals surface area contributed by atoms with Gasteiger partial charge in [-0.25, -0.2) is 4.39 Å². The quantitative estimate of drug-likeness (QED) is 0.905. The third-order valence-electron chi connectivity index (χ3n) is 2.67. The van der Waals surface area contributed by atoms with E-state index in [9.17, 15) is 9.18 Å². The summed E-state index contributed by atoms with van der Waals surface area (Å²) < 4.78 is 13.5. The fourth-order valence-electron chi connectivity index (χ4n) is 1.53. The van der Waals surface area contributed by atoms with E-state index in [1.54, 1.807) is 39.1 Å². The minimum atomic E-state index is -0.570. The Balaban J connectivity index is 0.00000256. The number of hydrogen-bond acceptors (Lipinski definition) is 2. The van der Waals surface area contributed by atoms with Crippen molar-refractivity contribution in [2.45, 2.75) is 25.9 Å². The van der Waals surface area contributed by atoms with Crippen molar-refractivity contribution >= 4 is 18.3 Å². The first-order valence-corrected chi connectivity index (χ1v) is 5.21. The number of nitrogens with two attached hydrogens (primary N) is 1. The molecule has 0 saturated carbocycles. The predicted molar refractivity (Wildman–Crippen MR) is 68.5 cm³/mol. The molecule has 1 unspecified atom stereocenters. The fraction of sp³-hybridized carbons (Fsp3) is 0.417. The molecule has 0 saturated heterocycles. The summed E-state index contributed by atoms with van der Waals surface area (Å²) in [6.45, 7) is 3.39. The van der Waals surface area contributed by atoms with Gasteiger partial charge in [-0.15, -0.1) is 12.4 Å². The molecule has 2 N–H and O–H groups in total. The first-order chi connectivity index (χ1) is 7.45. The minimum absolute atomic E-state index is 0. The first-order valence-electron chi connectivity index (χ1n) is 5.21. The molecule has 1 aromatic rings. The van der Waals surface area contributed by atoms with Crippen LogP contribution in [0.2, 0.25) is 0 Å². The van der Waals surface area contributed by atoms with Crippen molar-refractivity contribution in [2.75, 3.05) is 7.05 Å². The SMILES string of the molecule is CC(c1ccccc1F)N(C)C(=O)[C@H](C)N.Cl. The average molecular weight is 261 g/mol. The molecule has 1 rings (SSSR count). The van der Waals surface area contributed by atoms with Gasteiger partial charge in [0.2, 0.25) is 5.91 Å². The Morgan fingerprint density at radius 1 is 1.35 bits per heavy atom. The number of rotatable bonds is 3. The van der Waals surface area contributed by atoms with E-state index in [1.807, 2.05) is 0 Å². The number of hydrogen-bond donors (Lipinski definition) is 1. The summed E-state index contributed by atoms with van der Waals surface area (Å²) in [6, 6.07) is 5.54. The molecule has 0 aliphatic rings. The van der Waals surface area contributed by atoms with Crippen LogP contribution in [0.25, 0.3) is 0 Å². The van der Waals surface area contributed by atoms with Crippen LogP contribution in [0, 0.1) is 5.82 Å². The van der Waals surface area contributed by atoms with Crippen molar-refractivity contribution in [1.29, 1.82) is 0 Å².